The van der Waals surface area contributed by atoms with Crippen LogP contribution in [0.1, 0.15) is 26.3 Å². The van der Waals surface area contributed by atoms with Crippen molar-refractivity contribution in [1.29, 1.82) is 0 Å². The Morgan fingerprint density at radius 1 is 0.935 bits per heavy atom. The molecule has 4 amide bonds. The lowest BCUT2D eigenvalue weighted by Crippen LogP contribution is -2.42. The Morgan fingerprint density at radius 2 is 1.55 bits per heavy atom. The molecule has 1 aliphatic rings. The molecule has 2 aromatic rings. The van der Waals surface area contributed by atoms with E-state index in [1.54, 1.807) is 0 Å². The molecule has 2 aromatic carbocycles. The van der Waals surface area contributed by atoms with Gasteiger partial charge in [-0.05, 0) is 23.8 Å². The first-order chi connectivity index (χ1) is 14.8. The Balaban J connectivity index is 1.45. The maximum Gasteiger partial charge on any atom is 0.270 e. The highest BCUT2D eigenvalue weighted by atomic mass is 19.1. The summed E-state index contributed by atoms with van der Waals surface area (Å²) < 4.78 is 12.9. The second-order valence-corrected chi connectivity index (χ2v) is 6.69. The van der Waals surface area contributed by atoms with Crippen molar-refractivity contribution in [1.82, 2.24) is 15.5 Å². The average Bonchev–Trinajstić information content (AvgIpc) is 2.97. The highest BCUT2D eigenvalue weighted by molar-refractivity contribution is 6.22. The van der Waals surface area contributed by atoms with Crippen molar-refractivity contribution >= 4 is 29.3 Å². The first-order valence-corrected chi connectivity index (χ1v) is 9.18. The van der Waals surface area contributed by atoms with Gasteiger partial charge in [-0.15, -0.1) is 0 Å². The minimum atomic E-state index is -0.786. The third-order valence-electron chi connectivity index (χ3n) is 4.51. The number of fused-ring (bicyclic) bond motifs is 1. The van der Waals surface area contributed by atoms with Crippen molar-refractivity contribution in [2.24, 2.45) is 0 Å². The maximum absolute atomic E-state index is 12.9. The Hall–Kier alpha value is -4.15. The molecule has 0 saturated carbocycles. The maximum atomic E-state index is 12.9. The first-order valence-electron chi connectivity index (χ1n) is 9.18. The molecule has 0 aliphatic carbocycles. The van der Waals surface area contributed by atoms with E-state index in [4.69, 9.17) is 0 Å². The molecule has 0 atom stereocenters. The molecule has 0 fully saturated rings. The summed E-state index contributed by atoms with van der Waals surface area (Å²) >= 11 is 0. The monoisotopic (exact) mass is 428 g/mol. The molecule has 3 rings (SSSR count). The summed E-state index contributed by atoms with van der Waals surface area (Å²) in [5.41, 5.74) is 0.174. The van der Waals surface area contributed by atoms with Gasteiger partial charge in [0.2, 0.25) is 11.8 Å². The Kier molecular flexibility index (Phi) is 6.34. The van der Waals surface area contributed by atoms with Crippen molar-refractivity contribution in [3.63, 3.8) is 0 Å². The zero-order chi connectivity index (χ0) is 22.5. The Labute approximate surface area is 175 Å². The highest BCUT2D eigenvalue weighted by Crippen LogP contribution is 2.26. The summed E-state index contributed by atoms with van der Waals surface area (Å²) in [4.78, 5) is 59.4. The predicted molar refractivity (Wildman–Crippen MR) is 105 cm³/mol. The number of benzene rings is 2. The minimum absolute atomic E-state index is 0.00328. The minimum Gasteiger partial charge on any atom is -0.354 e. The zero-order valence-electron chi connectivity index (χ0n) is 16.1. The number of nitrogens with one attached hydrogen (secondary N) is 2. The van der Waals surface area contributed by atoms with Crippen molar-refractivity contribution in [3.8, 4) is 0 Å². The highest BCUT2D eigenvalue weighted by Gasteiger charge is 2.37. The number of amides is 4. The van der Waals surface area contributed by atoms with Crippen LogP contribution in [0, 0.1) is 15.9 Å². The van der Waals surface area contributed by atoms with Gasteiger partial charge in [0.15, 0.2) is 0 Å². The van der Waals surface area contributed by atoms with Crippen molar-refractivity contribution < 1.29 is 28.5 Å². The second-order valence-electron chi connectivity index (χ2n) is 6.69. The number of hydrogen-bond acceptors (Lipinski definition) is 6. The molecular weight excluding hydrogens is 411 g/mol. The summed E-state index contributed by atoms with van der Waals surface area (Å²) in [6, 6.07) is 8.79. The number of nitro benzene ring substituents is 1. The molecular formula is C20H17FN4O6. The summed E-state index contributed by atoms with van der Waals surface area (Å²) in [6.45, 7) is -0.383. The van der Waals surface area contributed by atoms with Gasteiger partial charge in [-0.2, -0.15) is 0 Å². The van der Waals surface area contributed by atoms with Gasteiger partial charge >= 0.3 is 0 Å². The van der Waals surface area contributed by atoms with Crippen LogP contribution >= 0.6 is 0 Å². The average molecular weight is 428 g/mol. The fourth-order valence-corrected chi connectivity index (χ4v) is 2.99. The van der Waals surface area contributed by atoms with Gasteiger partial charge in [0, 0.05) is 25.2 Å². The van der Waals surface area contributed by atoms with Gasteiger partial charge in [-0.1, -0.05) is 12.1 Å². The molecule has 0 aromatic heterocycles. The molecule has 31 heavy (non-hydrogen) atoms. The number of carbonyl (C=O) groups is 4. The SMILES string of the molecule is O=C(Cc1ccc(F)cc1)NCCNC(=O)CN1C(=O)c2ccc([N+](=O)[O-])cc2C1=O. The Morgan fingerprint density at radius 3 is 2.19 bits per heavy atom. The van der Waals surface area contributed by atoms with E-state index in [1.807, 2.05) is 0 Å². The van der Waals surface area contributed by atoms with Crippen LogP contribution in [0.2, 0.25) is 0 Å². The van der Waals surface area contributed by atoms with Gasteiger partial charge in [-0.3, -0.25) is 34.2 Å². The van der Waals surface area contributed by atoms with Crippen LogP contribution in [0.4, 0.5) is 10.1 Å². The van der Waals surface area contributed by atoms with Crippen LogP contribution in [0.3, 0.4) is 0 Å². The summed E-state index contributed by atoms with van der Waals surface area (Å²) in [6.07, 6.45) is 0.0510. The van der Waals surface area contributed by atoms with Crippen LogP contribution < -0.4 is 10.6 Å². The van der Waals surface area contributed by atoms with Gasteiger partial charge < -0.3 is 10.6 Å². The molecule has 11 heteroatoms. The smallest absolute Gasteiger partial charge is 0.270 e. The van der Waals surface area contributed by atoms with Gasteiger partial charge in [0.25, 0.3) is 17.5 Å². The lowest BCUT2D eigenvalue weighted by molar-refractivity contribution is -0.384. The van der Waals surface area contributed by atoms with E-state index in [1.165, 1.54) is 30.3 Å². The van der Waals surface area contributed by atoms with Crippen molar-refractivity contribution in [2.45, 2.75) is 6.42 Å². The van der Waals surface area contributed by atoms with E-state index in [9.17, 15) is 33.7 Å². The van der Waals surface area contributed by atoms with E-state index in [0.29, 0.717) is 10.5 Å². The normalized spacial score (nSPS) is 12.5. The quantitative estimate of drug-likeness (QED) is 0.276. The number of nitro groups is 1. The van der Waals surface area contributed by atoms with Crippen LogP contribution in [0.25, 0.3) is 0 Å². The van der Waals surface area contributed by atoms with E-state index in [-0.39, 0.29) is 42.2 Å². The van der Waals surface area contributed by atoms with Gasteiger partial charge in [0.05, 0.1) is 22.5 Å². The third-order valence-corrected chi connectivity index (χ3v) is 4.51. The lowest BCUT2D eigenvalue weighted by Gasteiger charge is -2.13. The number of non-ortho nitro benzene ring substituents is 1. The number of carbonyl (C=O) groups excluding carboxylic acids is 4. The molecule has 1 heterocycles. The van der Waals surface area contributed by atoms with Crippen molar-refractivity contribution in [2.75, 3.05) is 19.6 Å². The molecule has 0 spiro atoms. The van der Waals surface area contributed by atoms with E-state index in [2.05, 4.69) is 10.6 Å². The van der Waals surface area contributed by atoms with Crippen molar-refractivity contribution in [3.05, 3.63) is 75.1 Å². The topological polar surface area (TPSA) is 139 Å². The summed E-state index contributed by atoms with van der Waals surface area (Å²) in [7, 11) is 0. The van der Waals surface area contributed by atoms with Crippen LogP contribution in [-0.2, 0) is 16.0 Å². The fourth-order valence-electron chi connectivity index (χ4n) is 2.99. The van der Waals surface area contributed by atoms with E-state index in [0.717, 1.165) is 12.1 Å². The second kappa shape index (κ2) is 9.11. The molecule has 0 radical (unpaired) electrons. The molecule has 160 valence electrons. The third kappa shape index (κ3) is 5.07. The molecule has 0 unspecified atom stereocenters. The molecule has 2 N–H and O–H groups in total. The van der Waals surface area contributed by atoms with Crippen LogP contribution in [0.15, 0.2) is 42.5 Å². The largest absolute Gasteiger partial charge is 0.354 e. The molecule has 10 nitrogen and oxygen atoms in total. The lowest BCUT2D eigenvalue weighted by atomic mass is 10.1. The predicted octanol–water partition coefficient (Wildman–Crippen LogP) is 0.805. The fraction of sp³-hybridized carbons (Fsp3) is 0.200. The van der Waals surface area contributed by atoms with E-state index < -0.39 is 35.0 Å². The molecule has 0 saturated heterocycles. The number of halogens is 1. The van der Waals surface area contributed by atoms with Gasteiger partial charge in [-0.25, -0.2) is 4.39 Å². The van der Waals surface area contributed by atoms with Gasteiger partial charge in [0.1, 0.15) is 12.4 Å². The number of hydrogen-bond donors (Lipinski definition) is 2. The van der Waals surface area contributed by atoms with Crippen LogP contribution in [0.5, 0.6) is 0 Å². The number of nitrogens with zero attached hydrogens (tertiary/aromatic N) is 2. The first kappa shape index (κ1) is 21.6. The molecule has 0 bridgehead atoms. The molecule has 1 aliphatic heterocycles. The summed E-state index contributed by atoms with van der Waals surface area (Å²) in [5.74, 6) is -2.84. The number of rotatable bonds is 8. The zero-order valence-corrected chi connectivity index (χ0v) is 16.1. The Bertz CT molecular complexity index is 1070. The standard InChI is InChI=1S/C20H17FN4O6/c21-13-3-1-12(2-4-13)9-17(26)22-7-8-23-18(27)11-24-19(28)15-6-5-14(25(30)31)10-16(15)20(24)29/h1-6,10H,7-9,11H2,(H,22,26)(H,23,27). The summed E-state index contributed by atoms with van der Waals surface area (Å²) in [5, 5.41) is 15.9. The van der Waals surface area contributed by atoms with E-state index >= 15 is 0 Å². The number of imide groups is 1. The van der Waals surface area contributed by atoms with Crippen LogP contribution in [-0.4, -0.2) is 53.1 Å².